The Balaban J connectivity index is 1.74. The average molecular weight is 372 g/mol. The van der Waals surface area contributed by atoms with Crippen LogP contribution in [0.1, 0.15) is 35.0 Å². The van der Waals surface area contributed by atoms with Crippen molar-refractivity contribution >= 4 is 27.3 Å². The van der Waals surface area contributed by atoms with Gasteiger partial charge in [0, 0.05) is 46.3 Å². The lowest BCUT2D eigenvalue weighted by molar-refractivity contribution is 0.102. The second-order valence-corrected chi connectivity index (χ2v) is 10.1. The Bertz CT molecular complexity index is 714. The van der Waals surface area contributed by atoms with Gasteiger partial charge in [0.1, 0.15) is 0 Å². The topological polar surface area (TPSA) is 60.9 Å². The average Bonchev–Trinajstić information content (AvgIpc) is 2.78. The van der Waals surface area contributed by atoms with Crippen molar-refractivity contribution in [3.05, 3.63) is 21.9 Å². The minimum atomic E-state index is -3.36. The van der Waals surface area contributed by atoms with Crippen molar-refractivity contribution in [3.8, 4) is 0 Å². The Kier molecular flexibility index (Phi) is 5.13. The summed E-state index contributed by atoms with van der Waals surface area (Å²) in [6.45, 7) is 4.47. The smallest absolute Gasteiger partial charge is 0.281 e. The minimum Gasteiger partial charge on any atom is -0.294 e. The maximum absolute atomic E-state index is 12.5. The first kappa shape index (κ1) is 18.0. The number of hydrogen-bond acceptors (Lipinski definition) is 5. The second kappa shape index (κ2) is 6.84. The van der Waals surface area contributed by atoms with Crippen LogP contribution in [0.5, 0.6) is 0 Å². The van der Waals surface area contributed by atoms with Crippen molar-refractivity contribution in [3.63, 3.8) is 0 Å². The van der Waals surface area contributed by atoms with Crippen LogP contribution in [0.25, 0.3) is 0 Å². The molecule has 0 radical (unpaired) electrons. The monoisotopic (exact) mass is 371 g/mol. The normalized spacial score (nSPS) is 26.0. The molecule has 0 saturated carbocycles. The van der Waals surface area contributed by atoms with E-state index in [0.29, 0.717) is 19.0 Å². The van der Waals surface area contributed by atoms with Gasteiger partial charge in [-0.1, -0.05) is 0 Å². The van der Waals surface area contributed by atoms with Gasteiger partial charge in [-0.3, -0.25) is 9.69 Å². The lowest BCUT2D eigenvalue weighted by Crippen LogP contribution is -2.45. The van der Waals surface area contributed by atoms with Crippen LogP contribution >= 0.6 is 11.3 Å². The number of fused-ring (bicyclic) bond motifs is 4. The van der Waals surface area contributed by atoms with E-state index in [9.17, 15) is 13.2 Å². The van der Waals surface area contributed by atoms with Crippen LogP contribution in [-0.2, 0) is 16.8 Å². The Morgan fingerprint density at radius 3 is 2.67 bits per heavy atom. The molecule has 8 heteroatoms. The summed E-state index contributed by atoms with van der Waals surface area (Å²) in [5.41, 5.74) is 1.15. The van der Waals surface area contributed by atoms with E-state index < -0.39 is 10.2 Å². The third kappa shape index (κ3) is 3.57. The zero-order valence-electron chi connectivity index (χ0n) is 14.4. The number of carbonyl (C=O) groups excluding carboxylic acids is 1. The number of hydrogen-bond donors (Lipinski definition) is 0. The van der Waals surface area contributed by atoms with Crippen LogP contribution in [-0.4, -0.2) is 67.5 Å². The van der Waals surface area contributed by atoms with Gasteiger partial charge in [0.15, 0.2) is 5.78 Å². The fourth-order valence-corrected chi connectivity index (χ4v) is 5.65. The second-order valence-electron chi connectivity index (χ2n) is 7.01. The van der Waals surface area contributed by atoms with Crippen LogP contribution in [0, 0.1) is 5.92 Å². The van der Waals surface area contributed by atoms with E-state index in [1.165, 1.54) is 15.6 Å². The van der Waals surface area contributed by atoms with Crippen molar-refractivity contribution < 1.29 is 13.2 Å². The number of ketones is 1. The van der Waals surface area contributed by atoms with Crippen LogP contribution in [0.4, 0.5) is 0 Å². The Morgan fingerprint density at radius 1 is 1.29 bits per heavy atom. The van der Waals surface area contributed by atoms with Crippen molar-refractivity contribution in [1.82, 2.24) is 13.5 Å². The summed E-state index contributed by atoms with van der Waals surface area (Å²) in [4.78, 5) is 14.7. The molecule has 1 aromatic rings. The van der Waals surface area contributed by atoms with E-state index in [1.54, 1.807) is 25.3 Å². The molecule has 0 spiro atoms. The van der Waals surface area contributed by atoms with E-state index in [-0.39, 0.29) is 11.8 Å². The number of rotatable bonds is 5. The van der Waals surface area contributed by atoms with Crippen molar-refractivity contribution in [2.45, 2.75) is 32.4 Å². The highest BCUT2D eigenvalue weighted by Crippen LogP contribution is 2.31. The molecule has 1 aromatic heterocycles. The van der Waals surface area contributed by atoms with Crippen LogP contribution in [0.3, 0.4) is 0 Å². The molecule has 6 nitrogen and oxygen atoms in total. The first-order valence-corrected chi connectivity index (χ1v) is 10.5. The maximum Gasteiger partial charge on any atom is 0.281 e. The van der Waals surface area contributed by atoms with E-state index in [4.69, 9.17) is 0 Å². The quantitative estimate of drug-likeness (QED) is 0.739. The third-order valence-corrected chi connectivity index (χ3v) is 7.92. The molecule has 3 saturated heterocycles. The van der Waals surface area contributed by atoms with Gasteiger partial charge >= 0.3 is 0 Å². The Morgan fingerprint density at radius 2 is 2.04 bits per heavy atom. The van der Waals surface area contributed by atoms with Crippen molar-refractivity contribution in [1.29, 1.82) is 0 Å². The molecule has 2 unspecified atom stereocenters. The molecule has 0 aliphatic carbocycles. The summed E-state index contributed by atoms with van der Waals surface area (Å²) in [5.74, 6) is 0.483. The number of thiophene rings is 1. The molecule has 0 aromatic carbocycles. The van der Waals surface area contributed by atoms with Crippen LogP contribution in [0.2, 0.25) is 0 Å². The molecule has 4 rings (SSSR count). The highest BCUT2D eigenvalue weighted by Gasteiger charge is 2.39. The summed E-state index contributed by atoms with van der Waals surface area (Å²) in [5, 5.41) is 2.05. The molecule has 0 amide bonds. The minimum absolute atomic E-state index is 0.104. The predicted octanol–water partition coefficient (Wildman–Crippen LogP) is 1.65. The SMILES string of the molecule is CC(=O)c1cc(CN2CC3CCC2CN(S(=O)(=O)N(C)C)C3)cs1. The first-order valence-electron chi connectivity index (χ1n) is 8.27. The number of carbonyl (C=O) groups is 1. The Labute approximate surface area is 148 Å². The van der Waals surface area contributed by atoms with Gasteiger partial charge in [0.2, 0.25) is 0 Å². The van der Waals surface area contributed by atoms with Gasteiger partial charge in [-0.15, -0.1) is 11.3 Å². The first-order chi connectivity index (χ1) is 11.3. The fraction of sp³-hybridized carbons (Fsp3) is 0.688. The number of nitrogens with zero attached hydrogens (tertiary/aromatic N) is 3. The molecule has 2 bridgehead atoms. The molecule has 4 heterocycles. The molecule has 2 atom stereocenters. The van der Waals surface area contributed by atoms with Crippen molar-refractivity contribution in [2.24, 2.45) is 5.92 Å². The van der Waals surface area contributed by atoms with Crippen LogP contribution < -0.4 is 0 Å². The van der Waals surface area contributed by atoms with Gasteiger partial charge in [0.05, 0.1) is 4.88 Å². The molecule has 0 N–H and O–H groups in total. The standard InChI is InChI=1S/C16H25N3O3S2/c1-12(20)16-6-14(11-23-16)8-18-7-13-4-5-15(18)10-19(9-13)24(21,22)17(2)3/h6,11,13,15H,4-5,7-10H2,1-3H3. The van der Waals surface area contributed by atoms with E-state index in [1.807, 2.05) is 11.4 Å². The highest BCUT2D eigenvalue weighted by atomic mass is 32.2. The van der Waals surface area contributed by atoms with Gasteiger partial charge < -0.3 is 0 Å². The molecular weight excluding hydrogens is 346 g/mol. The molecule has 134 valence electrons. The van der Waals surface area contributed by atoms with E-state index >= 15 is 0 Å². The van der Waals surface area contributed by atoms with Gasteiger partial charge in [-0.25, -0.2) is 0 Å². The van der Waals surface area contributed by atoms with Gasteiger partial charge in [0.25, 0.3) is 10.2 Å². The molecule has 3 fully saturated rings. The zero-order chi connectivity index (χ0) is 17.5. The van der Waals surface area contributed by atoms with Crippen LogP contribution in [0.15, 0.2) is 11.4 Å². The lowest BCUT2D eigenvalue weighted by Gasteiger charge is -2.35. The lowest BCUT2D eigenvalue weighted by atomic mass is 9.95. The zero-order valence-corrected chi connectivity index (χ0v) is 16.1. The Hall–Kier alpha value is -0.800. The molecule has 3 aliphatic rings. The fourth-order valence-electron chi connectivity index (χ4n) is 3.63. The number of piperidine rings is 1. The molecule has 24 heavy (non-hydrogen) atoms. The summed E-state index contributed by atoms with van der Waals surface area (Å²) in [7, 11) is -0.172. The van der Waals surface area contributed by atoms with E-state index in [0.717, 1.165) is 36.4 Å². The predicted molar refractivity (Wildman–Crippen MR) is 95.4 cm³/mol. The van der Waals surface area contributed by atoms with Gasteiger partial charge in [-0.05, 0) is 42.7 Å². The molecular formula is C16H25N3O3S2. The number of Topliss-reactive ketones (excluding diaryl/α,β-unsaturated/α-hetero) is 1. The summed E-state index contributed by atoms with van der Waals surface area (Å²) in [6.07, 6.45) is 2.12. The van der Waals surface area contributed by atoms with E-state index in [2.05, 4.69) is 4.90 Å². The molecule has 3 aliphatic heterocycles. The largest absolute Gasteiger partial charge is 0.294 e. The third-order valence-electron chi connectivity index (χ3n) is 4.97. The van der Waals surface area contributed by atoms with Crippen molar-refractivity contribution in [2.75, 3.05) is 33.7 Å². The summed E-state index contributed by atoms with van der Waals surface area (Å²) < 4.78 is 27.9. The van der Waals surface area contributed by atoms with Gasteiger partial charge in [-0.2, -0.15) is 17.0 Å². The summed E-state index contributed by atoms with van der Waals surface area (Å²) in [6, 6.07) is 2.22. The highest BCUT2D eigenvalue weighted by molar-refractivity contribution is 7.86. The maximum atomic E-state index is 12.5. The summed E-state index contributed by atoms with van der Waals surface area (Å²) >= 11 is 1.49.